The highest BCUT2D eigenvalue weighted by molar-refractivity contribution is 7.80. The molecule has 0 bridgehead atoms. The Hall–Kier alpha value is -1.47. The zero-order valence-corrected chi connectivity index (χ0v) is 13.8. The number of amides is 3. The monoisotopic (exact) mass is 354 g/mol. The number of urea groups is 1. The molecule has 1 heterocycles. The molecule has 12 heteroatoms. The van der Waals surface area contributed by atoms with E-state index in [0.717, 1.165) is 4.90 Å². The van der Waals surface area contributed by atoms with Gasteiger partial charge in [0.1, 0.15) is 6.04 Å². The Labute approximate surface area is 134 Å². The molecule has 0 radical (unpaired) electrons. The molecule has 1 aliphatic heterocycles. The highest BCUT2D eigenvalue weighted by Crippen LogP contribution is 2.17. The van der Waals surface area contributed by atoms with Crippen LogP contribution in [0.4, 0.5) is 4.79 Å². The lowest BCUT2D eigenvalue weighted by Crippen LogP contribution is -2.55. The van der Waals surface area contributed by atoms with Crippen LogP contribution in [0, 0.1) is 0 Å². The minimum Gasteiger partial charge on any atom is -0.324 e. The molecule has 3 amide bonds. The zero-order valence-electron chi connectivity index (χ0n) is 12.9. The second-order valence-electron chi connectivity index (χ2n) is 5.87. The largest absolute Gasteiger partial charge is 0.418 e. The van der Waals surface area contributed by atoms with Gasteiger partial charge in [0.25, 0.3) is 5.91 Å². The van der Waals surface area contributed by atoms with Gasteiger partial charge in [0.05, 0.1) is 6.61 Å². The van der Waals surface area contributed by atoms with Crippen molar-refractivity contribution < 1.29 is 31.7 Å². The van der Waals surface area contributed by atoms with E-state index >= 15 is 0 Å². The number of carbonyl (C=O) groups excluding carboxylic acids is 2. The summed E-state index contributed by atoms with van der Waals surface area (Å²) in [5, 5.41) is 0. The first kappa shape index (κ1) is 19.6. The van der Waals surface area contributed by atoms with Gasteiger partial charge in [-0.3, -0.25) is 14.2 Å². The Balaban J connectivity index is 2.59. The first-order valence-corrected chi connectivity index (χ1v) is 8.29. The molecule has 23 heavy (non-hydrogen) atoms. The lowest BCUT2D eigenvalue weighted by Gasteiger charge is -2.34. The van der Waals surface area contributed by atoms with Gasteiger partial charge in [-0.2, -0.15) is 13.9 Å². The molecular formula is C11H22N4O7S. The summed E-state index contributed by atoms with van der Waals surface area (Å²) < 4.78 is 33.2. The van der Waals surface area contributed by atoms with Gasteiger partial charge in [-0.15, -0.1) is 4.28 Å². The lowest BCUT2D eigenvalue weighted by atomic mass is 10.0. The number of rotatable bonds is 6. The summed E-state index contributed by atoms with van der Waals surface area (Å²) in [6.45, 7) is 3.73. The average molecular weight is 354 g/mol. The van der Waals surface area contributed by atoms with Gasteiger partial charge < -0.3 is 10.6 Å². The minimum absolute atomic E-state index is 0.0729. The van der Waals surface area contributed by atoms with Crippen LogP contribution >= 0.6 is 0 Å². The Morgan fingerprint density at radius 3 is 2.57 bits per heavy atom. The molecular weight excluding hydrogens is 332 g/mol. The Morgan fingerprint density at radius 1 is 1.35 bits per heavy atom. The van der Waals surface area contributed by atoms with Crippen LogP contribution in [0.5, 0.6) is 0 Å². The maximum absolute atomic E-state index is 12.1. The number of nitrogens with zero attached hydrogens (tertiary/aromatic N) is 1. The van der Waals surface area contributed by atoms with E-state index in [4.69, 9.17) is 15.1 Å². The zero-order chi connectivity index (χ0) is 17.7. The maximum Gasteiger partial charge on any atom is 0.418 e. The van der Waals surface area contributed by atoms with E-state index in [0.29, 0.717) is 19.3 Å². The average Bonchev–Trinajstić information content (AvgIpc) is 2.42. The Bertz CT molecular complexity index is 531. The smallest absolute Gasteiger partial charge is 0.324 e. The summed E-state index contributed by atoms with van der Waals surface area (Å²) in [5.41, 5.74) is 8.85. The van der Waals surface area contributed by atoms with Gasteiger partial charge in [-0.1, -0.05) is 0 Å². The van der Waals surface area contributed by atoms with Crippen molar-refractivity contribution in [3.05, 3.63) is 0 Å². The molecule has 1 atom stereocenters. The van der Waals surface area contributed by atoms with E-state index < -0.39 is 33.9 Å². The van der Waals surface area contributed by atoms with Crippen LogP contribution in [0.25, 0.3) is 0 Å². The van der Waals surface area contributed by atoms with Gasteiger partial charge in [0.2, 0.25) is 0 Å². The molecule has 1 fully saturated rings. The fourth-order valence-corrected chi connectivity index (χ4v) is 2.13. The lowest BCUT2D eigenvalue weighted by molar-refractivity contribution is -0.140. The molecule has 5 N–H and O–H groups in total. The molecule has 1 saturated heterocycles. The second-order valence-corrected chi connectivity index (χ2v) is 6.89. The molecule has 0 spiro atoms. The fourth-order valence-electron chi connectivity index (χ4n) is 1.96. The summed E-state index contributed by atoms with van der Waals surface area (Å²) in [5.74, 6) is -0.559. The quantitative estimate of drug-likeness (QED) is 0.351. The molecule has 134 valence electrons. The predicted molar refractivity (Wildman–Crippen MR) is 77.9 cm³/mol. The number of carbonyl (C=O) groups is 2. The van der Waals surface area contributed by atoms with Crippen molar-refractivity contribution >= 4 is 22.3 Å². The van der Waals surface area contributed by atoms with E-state index in [1.165, 1.54) is 0 Å². The normalized spacial score (nSPS) is 19.3. The summed E-state index contributed by atoms with van der Waals surface area (Å²) >= 11 is 0. The first-order valence-electron chi connectivity index (χ1n) is 6.92. The van der Waals surface area contributed by atoms with Crippen molar-refractivity contribution in [3.63, 3.8) is 0 Å². The van der Waals surface area contributed by atoms with E-state index in [-0.39, 0.29) is 13.2 Å². The molecule has 0 aromatic carbocycles. The van der Waals surface area contributed by atoms with Crippen LogP contribution in [0.2, 0.25) is 0 Å². The maximum atomic E-state index is 12.1. The Morgan fingerprint density at radius 2 is 2.00 bits per heavy atom. The number of nitrogens with one attached hydrogen (secondary N) is 2. The molecule has 0 aromatic heterocycles. The highest BCUT2D eigenvalue weighted by Gasteiger charge is 2.33. The minimum atomic E-state index is -4.82. The predicted octanol–water partition coefficient (Wildman–Crippen LogP) is -0.930. The van der Waals surface area contributed by atoms with Gasteiger partial charge in [0.15, 0.2) is 0 Å². The van der Waals surface area contributed by atoms with Crippen LogP contribution < -0.4 is 16.7 Å². The highest BCUT2D eigenvalue weighted by atomic mass is 32.3. The number of hydrogen-bond acceptors (Lipinski definition) is 7. The third kappa shape index (κ3) is 7.56. The van der Waals surface area contributed by atoms with Crippen molar-refractivity contribution in [2.45, 2.75) is 44.7 Å². The summed E-state index contributed by atoms with van der Waals surface area (Å²) in [7, 11) is -4.82. The van der Waals surface area contributed by atoms with Crippen LogP contribution in [-0.4, -0.2) is 54.5 Å². The Kier molecular flexibility index (Phi) is 6.70. The van der Waals surface area contributed by atoms with Gasteiger partial charge in [-0.05, 0) is 33.1 Å². The van der Waals surface area contributed by atoms with E-state index in [1.54, 1.807) is 19.3 Å². The third-order valence-corrected chi connectivity index (χ3v) is 3.21. The van der Waals surface area contributed by atoms with Crippen molar-refractivity contribution in [3.8, 4) is 0 Å². The summed E-state index contributed by atoms with van der Waals surface area (Å²) in [6.07, 6.45) is 1.73. The van der Waals surface area contributed by atoms with Crippen LogP contribution in [0.1, 0.15) is 33.1 Å². The second kappa shape index (κ2) is 7.88. The molecule has 0 unspecified atom stereocenters. The number of likely N-dealkylation sites (tertiary alicyclic amines) is 1. The summed E-state index contributed by atoms with van der Waals surface area (Å²) in [4.78, 5) is 30.1. The third-order valence-electron chi connectivity index (χ3n) is 2.92. The standard InChI is InChI=1S/C11H22N4O7S/c1-11(2,12)7-21-13-9(16)8-5-3-4-6-15(8)10(17)14-22-23(18,19)20/h8H,3-7,12H2,1-2H3,(H,13,16)(H,14,17)(H,18,19,20)/t8-/m0/s1. The number of hydroxylamine groups is 2. The van der Waals surface area contributed by atoms with Gasteiger partial charge >= 0.3 is 16.4 Å². The van der Waals surface area contributed by atoms with Crippen LogP contribution in [0.15, 0.2) is 0 Å². The van der Waals surface area contributed by atoms with E-state index in [9.17, 15) is 18.0 Å². The molecule has 0 aliphatic carbocycles. The van der Waals surface area contributed by atoms with Crippen molar-refractivity contribution in [2.75, 3.05) is 13.2 Å². The van der Waals surface area contributed by atoms with Crippen LogP contribution in [0.3, 0.4) is 0 Å². The van der Waals surface area contributed by atoms with E-state index in [1.807, 2.05) is 0 Å². The van der Waals surface area contributed by atoms with Crippen molar-refractivity contribution in [1.82, 2.24) is 15.9 Å². The van der Waals surface area contributed by atoms with Crippen molar-refractivity contribution in [1.29, 1.82) is 0 Å². The van der Waals surface area contributed by atoms with Crippen molar-refractivity contribution in [2.24, 2.45) is 5.73 Å². The topological polar surface area (TPSA) is 160 Å². The molecule has 0 aromatic rings. The molecule has 0 saturated carbocycles. The molecule has 1 rings (SSSR count). The summed E-state index contributed by atoms with van der Waals surface area (Å²) in [6, 6.07) is -1.81. The number of hydrogen-bond donors (Lipinski definition) is 4. The van der Waals surface area contributed by atoms with Gasteiger partial charge in [0, 0.05) is 12.1 Å². The number of nitrogens with two attached hydrogens (primary N) is 1. The molecule has 11 nitrogen and oxygen atoms in total. The van der Waals surface area contributed by atoms with Gasteiger partial charge in [-0.25, -0.2) is 10.3 Å². The number of piperidine rings is 1. The van der Waals surface area contributed by atoms with E-state index in [2.05, 4.69) is 9.76 Å². The first-order chi connectivity index (χ1) is 10.5. The molecule has 1 aliphatic rings. The SMILES string of the molecule is CC(C)(N)CONC(=O)[C@@H]1CCCCN1C(=O)NOS(=O)(=O)O. The van der Waals surface area contributed by atoms with Crippen LogP contribution in [-0.2, 0) is 24.3 Å². The fraction of sp³-hybridized carbons (Fsp3) is 0.818.